The van der Waals surface area contributed by atoms with Gasteiger partial charge in [-0.2, -0.15) is 5.26 Å². The van der Waals surface area contributed by atoms with Crippen molar-refractivity contribution in [3.63, 3.8) is 0 Å². The molecule has 14 heavy (non-hydrogen) atoms. The van der Waals surface area contributed by atoms with Crippen LogP contribution in [0.2, 0.25) is 0 Å². The first-order chi connectivity index (χ1) is 6.81. The highest BCUT2D eigenvalue weighted by Crippen LogP contribution is 2.23. The van der Waals surface area contributed by atoms with E-state index in [2.05, 4.69) is 23.5 Å². The summed E-state index contributed by atoms with van der Waals surface area (Å²) in [6.45, 7) is 4.19. The number of hydrogen-bond acceptors (Lipinski definition) is 2. The van der Waals surface area contributed by atoms with E-state index in [1.807, 2.05) is 13.0 Å². The van der Waals surface area contributed by atoms with Gasteiger partial charge in [-0.15, -0.1) is 0 Å². The van der Waals surface area contributed by atoms with Crippen molar-refractivity contribution in [3.05, 3.63) is 34.9 Å². The molecule has 72 valence electrons. The lowest BCUT2D eigenvalue weighted by Gasteiger charge is -2.09. The summed E-state index contributed by atoms with van der Waals surface area (Å²) in [6, 6.07) is 8.37. The Morgan fingerprint density at radius 3 is 2.93 bits per heavy atom. The molecule has 1 aliphatic heterocycles. The fourth-order valence-electron chi connectivity index (χ4n) is 2.01. The minimum atomic E-state index is 0.640. The third-order valence-corrected chi connectivity index (χ3v) is 2.90. The first-order valence-electron chi connectivity index (χ1n) is 5.02. The SMILES string of the molecule is Cc1cc([C@@H]2CCNC2)ccc1C#N. The summed E-state index contributed by atoms with van der Waals surface area (Å²) in [6.07, 6.45) is 1.21. The highest BCUT2D eigenvalue weighted by Gasteiger charge is 2.16. The van der Waals surface area contributed by atoms with Gasteiger partial charge in [0, 0.05) is 6.54 Å². The molecule has 1 aromatic carbocycles. The molecule has 1 heterocycles. The second-order valence-electron chi connectivity index (χ2n) is 3.88. The zero-order valence-electron chi connectivity index (χ0n) is 8.38. The van der Waals surface area contributed by atoms with Crippen LogP contribution < -0.4 is 5.32 Å². The summed E-state index contributed by atoms with van der Waals surface area (Å²) in [5, 5.41) is 12.2. The predicted molar refractivity (Wildman–Crippen MR) is 56.1 cm³/mol. The van der Waals surface area contributed by atoms with E-state index in [0.717, 1.165) is 24.2 Å². The second kappa shape index (κ2) is 3.81. The number of nitriles is 1. The third-order valence-electron chi connectivity index (χ3n) is 2.90. The molecule has 1 fully saturated rings. The molecule has 1 aliphatic rings. The summed E-state index contributed by atoms with van der Waals surface area (Å²) in [7, 11) is 0. The van der Waals surface area contributed by atoms with Crippen molar-refractivity contribution >= 4 is 0 Å². The average molecular weight is 186 g/mol. The molecule has 1 saturated heterocycles. The van der Waals surface area contributed by atoms with Gasteiger partial charge in [-0.25, -0.2) is 0 Å². The molecule has 1 N–H and O–H groups in total. The Hall–Kier alpha value is -1.33. The van der Waals surface area contributed by atoms with E-state index in [4.69, 9.17) is 5.26 Å². The van der Waals surface area contributed by atoms with Crippen LogP contribution in [-0.4, -0.2) is 13.1 Å². The normalized spacial score (nSPS) is 20.7. The fraction of sp³-hybridized carbons (Fsp3) is 0.417. The van der Waals surface area contributed by atoms with Crippen LogP contribution in [0.5, 0.6) is 0 Å². The van der Waals surface area contributed by atoms with E-state index in [9.17, 15) is 0 Å². The van der Waals surface area contributed by atoms with Crippen molar-refractivity contribution in [2.24, 2.45) is 0 Å². The minimum absolute atomic E-state index is 0.640. The standard InChI is InChI=1S/C12H14N2/c1-9-6-10(2-3-11(9)7-13)12-4-5-14-8-12/h2-3,6,12,14H,4-5,8H2,1H3/t12-/m1/s1. The zero-order valence-corrected chi connectivity index (χ0v) is 8.38. The van der Waals surface area contributed by atoms with E-state index in [0.29, 0.717) is 5.92 Å². The molecule has 0 aliphatic carbocycles. The van der Waals surface area contributed by atoms with Gasteiger partial charge < -0.3 is 5.32 Å². The fourth-order valence-corrected chi connectivity index (χ4v) is 2.01. The van der Waals surface area contributed by atoms with Crippen LogP contribution in [0.15, 0.2) is 18.2 Å². The van der Waals surface area contributed by atoms with Crippen molar-refractivity contribution in [1.82, 2.24) is 5.32 Å². The number of nitrogens with zero attached hydrogens (tertiary/aromatic N) is 1. The van der Waals surface area contributed by atoms with E-state index in [1.165, 1.54) is 12.0 Å². The molecule has 0 amide bonds. The zero-order chi connectivity index (χ0) is 9.97. The quantitative estimate of drug-likeness (QED) is 0.727. The van der Waals surface area contributed by atoms with E-state index in [1.54, 1.807) is 0 Å². The van der Waals surface area contributed by atoms with Crippen LogP contribution in [0.3, 0.4) is 0 Å². The average Bonchev–Trinajstić information content (AvgIpc) is 2.70. The lowest BCUT2D eigenvalue weighted by atomic mass is 9.95. The molecule has 2 heteroatoms. The lowest BCUT2D eigenvalue weighted by Crippen LogP contribution is -2.08. The van der Waals surface area contributed by atoms with Gasteiger partial charge in [0.15, 0.2) is 0 Å². The van der Waals surface area contributed by atoms with Crippen LogP contribution >= 0.6 is 0 Å². The Balaban J connectivity index is 2.28. The Labute approximate surface area is 84.6 Å². The number of rotatable bonds is 1. The Morgan fingerprint density at radius 1 is 1.50 bits per heavy atom. The summed E-state index contributed by atoms with van der Waals surface area (Å²) in [4.78, 5) is 0. The summed E-state index contributed by atoms with van der Waals surface area (Å²) < 4.78 is 0. The molecular weight excluding hydrogens is 172 g/mol. The van der Waals surface area contributed by atoms with Crippen LogP contribution in [-0.2, 0) is 0 Å². The second-order valence-corrected chi connectivity index (χ2v) is 3.88. The maximum absolute atomic E-state index is 8.81. The van der Waals surface area contributed by atoms with Gasteiger partial charge in [0.1, 0.15) is 0 Å². The van der Waals surface area contributed by atoms with E-state index >= 15 is 0 Å². The minimum Gasteiger partial charge on any atom is -0.316 e. The molecule has 0 aromatic heterocycles. The molecule has 1 aromatic rings. The van der Waals surface area contributed by atoms with Gasteiger partial charge >= 0.3 is 0 Å². The molecule has 0 unspecified atom stereocenters. The van der Waals surface area contributed by atoms with Crippen LogP contribution in [0.4, 0.5) is 0 Å². The Bertz CT molecular complexity index is 370. The largest absolute Gasteiger partial charge is 0.316 e. The van der Waals surface area contributed by atoms with Crippen LogP contribution in [0, 0.1) is 18.3 Å². The van der Waals surface area contributed by atoms with Crippen LogP contribution in [0.1, 0.15) is 29.0 Å². The summed E-state index contributed by atoms with van der Waals surface area (Å²) in [5.74, 6) is 0.640. The van der Waals surface area contributed by atoms with Crippen molar-refractivity contribution in [2.45, 2.75) is 19.3 Å². The summed E-state index contributed by atoms with van der Waals surface area (Å²) in [5.41, 5.74) is 3.25. The van der Waals surface area contributed by atoms with Gasteiger partial charge in [-0.3, -0.25) is 0 Å². The van der Waals surface area contributed by atoms with Gasteiger partial charge in [-0.1, -0.05) is 12.1 Å². The number of aryl methyl sites for hydroxylation is 1. The molecule has 1 atom stereocenters. The smallest absolute Gasteiger partial charge is 0.0994 e. The molecule has 0 bridgehead atoms. The first kappa shape index (κ1) is 9.23. The maximum Gasteiger partial charge on any atom is 0.0994 e. The highest BCUT2D eigenvalue weighted by atomic mass is 14.9. The first-order valence-corrected chi connectivity index (χ1v) is 5.02. The monoisotopic (exact) mass is 186 g/mol. The van der Waals surface area contributed by atoms with Gasteiger partial charge in [0.05, 0.1) is 11.6 Å². The molecular formula is C12H14N2. The topological polar surface area (TPSA) is 35.8 Å². The van der Waals surface area contributed by atoms with Gasteiger partial charge in [-0.05, 0) is 43.0 Å². The van der Waals surface area contributed by atoms with Gasteiger partial charge in [0.2, 0.25) is 0 Å². The van der Waals surface area contributed by atoms with Crippen LogP contribution in [0.25, 0.3) is 0 Å². The molecule has 2 nitrogen and oxygen atoms in total. The number of benzene rings is 1. The third kappa shape index (κ3) is 1.64. The highest BCUT2D eigenvalue weighted by molar-refractivity contribution is 5.40. The van der Waals surface area contributed by atoms with Crippen molar-refractivity contribution in [1.29, 1.82) is 5.26 Å². The predicted octanol–water partition coefficient (Wildman–Crippen LogP) is 1.94. The van der Waals surface area contributed by atoms with Gasteiger partial charge in [0.25, 0.3) is 0 Å². The number of nitrogens with one attached hydrogen (secondary N) is 1. The summed E-state index contributed by atoms with van der Waals surface area (Å²) >= 11 is 0. The lowest BCUT2D eigenvalue weighted by molar-refractivity contribution is 0.762. The molecule has 0 saturated carbocycles. The van der Waals surface area contributed by atoms with Crippen molar-refractivity contribution in [3.8, 4) is 6.07 Å². The molecule has 2 rings (SSSR count). The van der Waals surface area contributed by atoms with E-state index < -0.39 is 0 Å². The van der Waals surface area contributed by atoms with E-state index in [-0.39, 0.29) is 0 Å². The Kier molecular flexibility index (Phi) is 2.51. The van der Waals surface area contributed by atoms with Crippen molar-refractivity contribution in [2.75, 3.05) is 13.1 Å². The van der Waals surface area contributed by atoms with Crippen molar-refractivity contribution < 1.29 is 0 Å². The number of hydrogen-bond donors (Lipinski definition) is 1. The molecule has 0 spiro atoms. The maximum atomic E-state index is 8.81. The Morgan fingerprint density at radius 2 is 2.36 bits per heavy atom. The molecule has 0 radical (unpaired) electrons.